The van der Waals surface area contributed by atoms with Crippen molar-refractivity contribution in [2.24, 2.45) is 0 Å². The molecule has 0 spiro atoms. The lowest BCUT2D eigenvalue weighted by Gasteiger charge is -2.29. The van der Waals surface area contributed by atoms with Gasteiger partial charge in [-0.15, -0.1) is 0 Å². The second-order valence-electron chi connectivity index (χ2n) is 6.11. The van der Waals surface area contributed by atoms with Gasteiger partial charge < -0.3 is 14.7 Å². The molecule has 0 bridgehead atoms. The normalized spacial score (nSPS) is 13.2. The Kier molecular flexibility index (Phi) is 5.03. The van der Waals surface area contributed by atoms with Crippen molar-refractivity contribution in [3.8, 4) is 5.75 Å². The molecule has 0 radical (unpaired) electrons. The van der Waals surface area contributed by atoms with Crippen LogP contribution >= 0.6 is 0 Å². The number of rotatable bonds is 5. The molecule has 0 unspecified atom stereocenters. The number of hydrogen-bond acceptors (Lipinski definition) is 3. The summed E-state index contributed by atoms with van der Waals surface area (Å²) >= 11 is 0. The fraction of sp³-hybridized carbons (Fsp3) is 0.300. The van der Waals surface area contributed by atoms with Crippen LogP contribution in [0.5, 0.6) is 5.75 Å². The number of fused-ring (bicyclic) bond motifs is 1. The third-order valence-corrected chi connectivity index (χ3v) is 4.41. The zero-order valence-corrected chi connectivity index (χ0v) is 14.2. The molecule has 1 aliphatic heterocycles. The molecule has 0 atom stereocenters. The Morgan fingerprint density at radius 1 is 1.12 bits per heavy atom. The van der Waals surface area contributed by atoms with E-state index in [1.54, 1.807) is 17.0 Å². The number of carboxylic acids is 1. The largest absolute Gasteiger partial charge is 0.494 e. The Morgan fingerprint density at radius 3 is 2.56 bits per heavy atom. The Hall–Kier alpha value is -2.82. The standard InChI is InChI=1S/C20H21NO4/c1-2-25-18-7-3-14(4-8-18)11-19(22)21-10-9-15-5-6-16(20(23)24)12-17(15)13-21/h3-8,12H,2,9-11,13H2,1H3,(H,23,24). The summed E-state index contributed by atoms with van der Waals surface area (Å²) < 4.78 is 5.41. The fourth-order valence-corrected chi connectivity index (χ4v) is 3.06. The molecular formula is C20H21NO4. The van der Waals surface area contributed by atoms with Crippen molar-refractivity contribution >= 4 is 11.9 Å². The quantitative estimate of drug-likeness (QED) is 0.909. The Labute approximate surface area is 146 Å². The number of carbonyl (C=O) groups is 2. The number of amides is 1. The number of nitrogens with zero attached hydrogens (tertiary/aromatic N) is 1. The summed E-state index contributed by atoms with van der Waals surface area (Å²) in [6.45, 7) is 3.67. The maximum absolute atomic E-state index is 12.6. The zero-order chi connectivity index (χ0) is 17.8. The molecule has 3 rings (SSSR count). The van der Waals surface area contributed by atoms with Crippen molar-refractivity contribution in [2.75, 3.05) is 13.2 Å². The lowest BCUT2D eigenvalue weighted by Crippen LogP contribution is -2.37. The molecule has 5 heteroatoms. The summed E-state index contributed by atoms with van der Waals surface area (Å²) in [4.78, 5) is 25.5. The molecule has 1 N–H and O–H groups in total. The number of benzene rings is 2. The first-order valence-corrected chi connectivity index (χ1v) is 8.41. The molecule has 1 heterocycles. The van der Waals surface area contributed by atoms with Crippen molar-refractivity contribution in [1.29, 1.82) is 0 Å². The molecule has 0 aliphatic carbocycles. The van der Waals surface area contributed by atoms with Gasteiger partial charge in [-0.25, -0.2) is 4.79 Å². The third kappa shape index (κ3) is 3.99. The van der Waals surface area contributed by atoms with Crippen molar-refractivity contribution in [3.63, 3.8) is 0 Å². The monoisotopic (exact) mass is 339 g/mol. The summed E-state index contributed by atoms with van der Waals surface area (Å²) in [7, 11) is 0. The molecule has 0 fully saturated rings. The van der Waals surface area contributed by atoms with Crippen LogP contribution in [0.1, 0.15) is 34.0 Å². The first kappa shape index (κ1) is 17.0. The van der Waals surface area contributed by atoms with E-state index >= 15 is 0 Å². The minimum Gasteiger partial charge on any atom is -0.494 e. The van der Waals surface area contributed by atoms with Gasteiger partial charge in [0.05, 0.1) is 18.6 Å². The van der Waals surface area contributed by atoms with Gasteiger partial charge in [-0.2, -0.15) is 0 Å². The smallest absolute Gasteiger partial charge is 0.335 e. The minimum absolute atomic E-state index is 0.0514. The molecule has 2 aromatic carbocycles. The van der Waals surface area contributed by atoms with Gasteiger partial charge in [0.15, 0.2) is 0 Å². The van der Waals surface area contributed by atoms with Crippen LogP contribution in [0.3, 0.4) is 0 Å². The van der Waals surface area contributed by atoms with E-state index < -0.39 is 5.97 Å². The van der Waals surface area contributed by atoms with Gasteiger partial charge in [-0.1, -0.05) is 18.2 Å². The Bertz CT molecular complexity index is 783. The van der Waals surface area contributed by atoms with Gasteiger partial charge >= 0.3 is 5.97 Å². The van der Waals surface area contributed by atoms with E-state index in [9.17, 15) is 9.59 Å². The Balaban J connectivity index is 1.67. The van der Waals surface area contributed by atoms with Crippen molar-refractivity contribution in [2.45, 2.75) is 26.3 Å². The average molecular weight is 339 g/mol. The number of hydrogen-bond donors (Lipinski definition) is 1. The first-order chi connectivity index (χ1) is 12.1. The minimum atomic E-state index is -0.944. The van der Waals surface area contributed by atoms with E-state index in [0.717, 1.165) is 28.9 Å². The predicted molar refractivity (Wildman–Crippen MR) is 93.8 cm³/mol. The van der Waals surface area contributed by atoms with Crippen LogP contribution in [-0.4, -0.2) is 35.0 Å². The third-order valence-electron chi connectivity index (χ3n) is 4.41. The van der Waals surface area contributed by atoms with Crippen LogP contribution in [0.4, 0.5) is 0 Å². The zero-order valence-electron chi connectivity index (χ0n) is 14.2. The Morgan fingerprint density at radius 2 is 1.88 bits per heavy atom. The summed E-state index contributed by atoms with van der Waals surface area (Å²) in [5.41, 5.74) is 3.25. The van der Waals surface area contributed by atoms with Gasteiger partial charge in [0, 0.05) is 13.1 Å². The van der Waals surface area contributed by atoms with Crippen molar-refractivity contribution in [3.05, 3.63) is 64.7 Å². The average Bonchev–Trinajstić information content (AvgIpc) is 2.62. The fourth-order valence-electron chi connectivity index (χ4n) is 3.06. The van der Waals surface area contributed by atoms with E-state index in [0.29, 0.717) is 26.1 Å². The van der Waals surface area contributed by atoms with Gasteiger partial charge in [-0.3, -0.25) is 4.79 Å². The van der Waals surface area contributed by atoms with Gasteiger partial charge in [-0.05, 0) is 54.3 Å². The molecule has 5 nitrogen and oxygen atoms in total. The second-order valence-corrected chi connectivity index (χ2v) is 6.11. The highest BCUT2D eigenvalue weighted by molar-refractivity contribution is 5.88. The number of carbonyl (C=O) groups excluding carboxylic acids is 1. The highest BCUT2D eigenvalue weighted by Gasteiger charge is 2.21. The summed E-state index contributed by atoms with van der Waals surface area (Å²) in [5, 5.41) is 9.13. The van der Waals surface area contributed by atoms with Gasteiger partial charge in [0.1, 0.15) is 5.75 Å². The molecule has 0 saturated heterocycles. The molecule has 2 aromatic rings. The highest BCUT2D eigenvalue weighted by Crippen LogP contribution is 2.22. The van der Waals surface area contributed by atoms with Crippen LogP contribution in [0.15, 0.2) is 42.5 Å². The maximum Gasteiger partial charge on any atom is 0.335 e. The van der Waals surface area contributed by atoms with E-state index in [1.165, 1.54) is 0 Å². The molecule has 1 aliphatic rings. The summed E-state index contributed by atoms with van der Waals surface area (Å²) in [5.74, 6) is -0.0945. The van der Waals surface area contributed by atoms with Gasteiger partial charge in [0.25, 0.3) is 0 Å². The van der Waals surface area contributed by atoms with Crippen molar-refractivity contribution in [1.82, 2.24) is 4.90 Å². The van der Waals surface area contributed by atoms with E-state index in [2.05, 4.69) is 0 Å². The second kappa shape index (κ2) is 7.38. The van der Waals surface area contributed by atoms with Crippen LogP contribution in [0, 0.1) is 0 Å². The first-order valence-electron chi connectivity index (χ1n) is 8.41. The highest BCUT2D eigenvalue weighted by atomic mass is 16.5. The molecule has 130 valence electrons. The molecule has 0 saturated carbocycles. The van der Waals surface area contributed by atoms with Crippen LogP contribution in [0.2, 0.25) is 0 Å². The van der Waals surface area contributed by atoms with E-state index in [1.807, 2.05) is 37.3 Å². The maximum atomic E-state index is 12.6. The summed E-state index contributed by atoms with van der Waals surface area (Å²) in [6.07, 6.45) is 1.09. The molecule has 0 aromatic heterocycles. The molecule has 25 heavy (non-hydrogen) atoms. The lowest BCUT2D eigenvalue weighted by atomic mass is 9.97. The number of aromatic carboxylic acids is 1. The predicted octanol–water partition coefficient (Wildman–Crippen LogP) is 2.91. The molecular weight excluding hydrogens is 318 g/mol. The number of ether oxygens (including phenoxy) is 1. The van der Waals surface area contributed by atoms with E-state index in [-0.39, 0.29) is 11.5 Å². The van der Waals surface area contributed by atoms with Crippen LogP contribution in [0.25, 0.3) is 0 Å². The van der Waals surface area contributed by atoms with Gasteiger partial charge in [0.2, 0.25) is 5.91 Å². The van der Waals surface area contributed by atoms with E-state index in [4.69, 9.17) is 9.84 Å². The SMILES string of the molecule is CCOc1ccc(CC(=O)N2CCc3ccc(C(=O)O)cc3C2)cc1. The van der Waals surface area contributed by atoms with Crippen molar-refractivity contribution < 1.29 is 19.4 Å². The summed E-state index contributed by atoms with van der Waals surface area (Å²) in [6, 6.07) is 12.7. The molecule has 1 amide bonds. The lowest BCUT2D eigenvalue weighted by molar-refractivity contribution is -0.131. The van der Waals surface area contributed by atoms with Crippen LogP contribution < -0.4 is 4.74 Å². The van der Waals surface area contributed by atoms with Crippen LogP contribution in [-0.2, 0) is 24.2 Å². The number of carboxylic acid groups (broad SMARTS) is 1. The topological polar surface area (TPSA) is 66.8 Å².